The largest absolute Gasteiger partial charge is 0.477 e. The molecule has 1 fully saturated rings. The van der Waals surface area contributed by atoms with Gasteiger partial charge in [-0.2, -0.15) is 0 Å². The molecule has 0 spiro atoms. The molecule has 1 unspecified atom stereocenters. The molecule has 1 heterocycles. The van der Waals surface area contributed by atoms with Gasteiger partial charge in [0.15, 0.2) is 11.4 Å². The number of carboxylic acid groups (broad SMARTS) is 1. The molecule has 1 aliphatic rings. The molecule has 6 atom stereocenters. The molecule has 11 heteroatoms. The van der Waals surface area contributed by atoms with Crippen LogP contribution in [-0.2, 0) is 19.1 Å². The van der Waals surface area contributed by atoms with Crippen LogP contribution in [0.25, 0.3) is 0 Å². The lowest BCUT2D eigenvalue weighted by atomic mass is 9.76. The van der Waals surface area contributed by atoms with Crippen molar-refractivity contribution in [2.75, 3.05) is 6.61 Å². The van der Waals surface area contributed by atoms with Crippen molar-refractivity contribution in [1.82, 2.24) is 5.32 Å². The molecule has 7 N–H and O–H groups in total. The predicted molar refractivity (Wildman–Crippen MR) is 74.4 cm³/mol. The number of nitrogens with one attached hydrogen (secondary N) is 1. The second kappa shape index (κ2) is 7.09. The van der Waals surface area contributed by atoms with Gasteiger partial charge in [-0.3, -0.25) is 9.59 Å². The van der Waals surface area contributed by atoms with Crippen LogP contribution in [0.4, 0.5) is 0 Å². The highest BCUT2D eigenvalue weighted by Crippen LogP contribution is 2.37. The zero-order valence-electron chi connectivity index (χ0n) is 13.0. The minimum atomic E-state index is -3.06. The molecule has 0 aromatic heterocycles. The lowest BCUT2D eigenvalue weighted by Crippen LogP contribution is -2.74. The Bertz CT molecular complexity index is 525. The standard InChI is InChI=1S/C13H21NO10/c1-5(16)12(22)4-13(23,11(20)21)24-9(8(19)7(18)3-15)10(12)14-6(2)17/h7-10,15,18-19,22-23H,3-4H2,1-2H3,(H,14,17)(H,20,21)/t7-,8-,9+,10+,12-,13?/m1/s1. The summed E-state index contributed by atoms with van der Waals surface area (Å²) >= 11 is 0. The topological polar surface area (TPSA) is 194 Å². The quantitative estimate of drug-likeness (QED) is 0.248. The minimum Gasteiger partial charge on any atom is -0.477 e. The number of aliphatic carboxylic acids is 1. The van der Waals surface area contributed by atoms with E-state index in [1.165, 1.54) is 0 Å². The van der Waals surface area contributed by atoms with Gasteiger partial charge in [-0.25, -0.2) is 4.79 Å². The number of hydrogen-bond acceptors (Lipinski definition) is 9. The van der Waals surface area contributed by atoms with E-state index in [0.29, 0.717) is 0 Å². The summed E-state index contributed by atoms with van der Waals surface area (Å²) in [5.41, 5.74) is -2.60. The third-order valence-corrected chi connectivity index (χ3v) is 3.90. The lowest BCUT2D eigenvalue weighted by Gasteiger charge is -2.49. The smallest absolute Gasteiger partial charge is 0.364 e. The van der Waals surface area contributed by atoms with Gasteiger partial charge in [0.25, 0.3) is 5.79 Å². The summed E-state index contributed by atoms with van der Waals surface area (Å²) in [6.45, 7) is 0.969. The lowest BCUT2D eigenvalue weighted by molar-refractivity contribution is -0.307. The van der Waals surface area contributed by atoms with E-state index in [9.17, 15) is 34.8 Å². The van der Waals surface area contributed by atoms with Gasteiger partial charge >= 0.3 is 5.97 Å². The monoisotopic (exact) mass is 351 g/mol. The molecule has 0 saturated carbocycles. The Morgan fingerprint density at radius 3 is 2.17 bits per heavy atom. The molecule has 0 aliphatic carbocycles. The van der Waals surface area contributed by atoms with Gasteiger partial charge in [0.1, 0.15) is 18.3 Å². The van der Waals surface area contributed by atoms with Crippen molar-refractivity contribution in [2.45, 2.75) is 56.0 Å². The molecule has 24 heavy (non-hydrogen) atoms. The van der Waals surface area contributed by atoms with Crippen molar-refractivity contribution >= 4 is 17.7 Å². The van der Waals surface area contributed by atoms with Crippen LogP contribution < -0.4 is 5.32 Å². The SMILES string of the molecule is CC(=O)N[C@H]1[C@H]([C@H](O)[C@H](O)CO)OC(O)(C(=O)O)C[C@@]1(O)C(C)=O. The van der Waals surface area contributed by atoms with Gasteiger partial charge in [0.05, 0.1) is 19.1 Å². The average molecular weight is 351 g/mol. The Balaban J connectivity index is 3.43. The number of aliphatic hydroxyl groups is 5. The first-order valence-electron chi connectivity index (χ1n) is 7.00. The number of hydrogen-bond donors (Lipinski definition) is 7. The van der Waals surface area contributed by atoms with Crippen molar-refractivity contribution in [3.63, 3.8) is 0 Å². The van der Waals surface area contributed by atoms with Gasteiger partial charge in [-0.1, -0.05) is 0 Å². The molecule has 11 nitrogen and oxygen atoms in total. The first-order chi connectivity index (χ1) is 10.9. The van der Waals surface area contributed by atoms with Gasteiger partial charge in [0, 0.05) is 6.92 Å². The van der Waals surface area contributed by atoms with Gasteiger partial charge < -0.3 is 40.7 Å². The number of carbonyl (C=O) groups excluding carboxylic acids is 2. The zero-order valence-corrected chi connectivity index (χ0v) is 13.0. The number of amides is 1. The van der Waals surface area contributed by atoms with Crippen LogP contribution in [0.1, 0.15) is 20.3 Å². The number of carbonyl (C=O) groups is 3. The number of ether oxygens (including phenoxy) is 1. The second-order valence-corrected chi connectivity index (χ2v) is 5.75. The van der Waals surface area contributed by atoms with Crippen molar-refractivity contribution < 1.29 is 49.8 Å². The Labute approximate surface area is 136 Å². The molecular weight excluding hydrogens is 330 g/mol. The maximum atomic E-state index is 11.9. The van der Waals surface area contributed by atoms with Crippen molar-refractivity contribution in [3.05, 3.63) is 0 Å². The third kappa shape index (κ3) is 3.71. The van der Waals surface area contributed by atoms with E-state index < -0.39 is 66.4 Å². The molecule has 1 saturated heterocycles. The zero-order chi connectivity index (χ0) is 18.9. The molecule has 0 radical (unpaired) electrons. The summed E-state index contributed by atoms with van der Waals surface area (Å²) in [4.78, 5) is 34.5. The molecule has 138 valence electrons. The van der Waals surface area contributed by atoms with Gasteiger partial charge in [-0.15, -0.1) is 0 Å². The molecule has 1 amide bonds. The fourth-order valence-corrected chi connectivity index (χ4v) is 2.57. The summed E-state index contributed by atoms with van der Waals surface area (Å²) in [7, 11) is 0. The Hall–Kier alpha value is -1.63. The average Bonchev–Trinajstić information content (AvgIpc) is 2.47. The molecular formula is C13H21NO10. The van der Waals surface area contributed by atoms with Gasteiger partial charge in [-0.05, 0) is 6.92 Å². The van der Waals surface area contributed by atoms with Crippen LogP contribution in [0.15, 0.2) is 0 Å². The first-order valence-corrected chi connectivity index (χ1v) is 7.00. The summed E-state index contributed by atoms with van der Waals surface area (Å²) < 4.78 is 4.89. The van der Waals surface area contributed by atoms with Crippen molar-refractivity contribution in [3.8, 4) is 0 Å². The van der Waals surface area contributed by atoms with E-state index in [1.54, 1.807) is 0 Å². The number of aliphatic hydroxyl groups excluding tert-OH is 3. The van der Waals surface area contributed by atoms with E-state index in [1.807, 2.05) is 0 Å². The number of ketones is 1. The number of rotatable bonds is 6. The first kappa shape index (κ1) is 20.4. The number of Topliss-reactive ketones (excluding diaryl/α,β-unsaturated/α-hetero) is 1. The van der Waals surface area contributed by atoms with Crippen LogP contribution >= 0.6 is 0 Å². The highest BCUT2D eigenvalue weighted by Gasteiger charge is 2.62. The van der Waals surface area contributed by atoms with Crippen LogP contribution in [0, 0.1) is 0 Å². The minimum absolute atomic E-state index is 0.750. The molecule has 1 rings (SSSR count). The van der Waals surface area contributed by atoms with Crippen LogP contribution in [0.5, 0.6) is 0 Å². The summed E-state index contributed by atoms with van der Waals surface area (Å²) in [6, 6.07) is -1.68. The van der Waals surface area contributed by atoms with Gasteiger partial charge in [0.2, 0.25) is 5.91 Å². The van der Waals surface area contributed by atoms with E-state index >= 15 is 0 Å². The van der Waals surface area contributed by atoms with E-state index in [2.05, 4.69) is 5.32 Å². The molecule has 0 bridgehead atoms. The summed E-state index contributed by atoms with van der Waals surface area (Å²) in [5, 5.41) is 60.4. The van der Waals surface area contributed by atoms with Crippen molar-refractivity contribution in [2.24, 2.45) is 0 Å². The van der Waals surface area contributed by atoms with Crippen LogP contribution in [0.2, 0.25) is 0 Å². The third-order valence-electron chi connectivity index (χ3n) is 3.90. The molecule has 0 aromatic rings. The number of carboxylic acids is 1. The van der Waals surface area contributed by atoms with E-state index in [-0.39, 0.29) is 0 Å². The summed E-state index contributed by atoms with van der Waals surface area (Å²) in [6.07, 6.45) is -6.89. The Morgan fingerprint density at radius 2 is 1.79 bits per heavy atom. The Kier molecular flexibility index (Phi) is 6.03. The normalized spacial score (nSPS) is 35.8. The predicted octanol–water partition coefficient (Wildman–Crippen LogP) is -3.91. The highest BCUT2D eigenvalue weighted by atomic mass is 16.7. The fraction of sp³-hybridized carbons (Fsp3) is 0.769. The second-order valence-electron chi connectivity index (χ2n) is 5.75. The maximum absolute atomic E-state index is 11.9. The van der Waals surface area contributed by atoms with Crippen LogP contribution in [0.3, 0.4) is 0 Å². The molecule has 0 aromatic carbocycles. The Morgan fingerprint density at radius 1 is 1.25 bits per heavy atom. The van der Waals surface area contributed by atoms with Crippen molar-refractivity contribution in [1.29, 1.82) is 0 Å². The van der Waals surface area contributed by atoms with E-state index in [0.717, 1.165) is 13.8 Å². The fourth-order valence-electron chi connectivity index (χ4n) is 2.57. The maximum Gasteiger partial charge on any atom is 0.364 e. The van der Waals surface area contributed by atoms with Crippen LogP contribution in [-0.4, -0.2) is 90.6 Å². The van der Waals surface area contributed by atoms with E-state index in [4.69, 9.17) is 14.9 Å². The highest BCUT2D eigenvalue weighted by molar-refractivity contribution is 5.89. The summed E-state index contributed by atoms with van der Waals surface area (Å²) in [5.74, 6) is -6.75. The molecule has 1 aliphatic heterocycles.